The minimum Gasteiger partial charge on any atom is -0.465 e. The number of aromatic nitrogens is 2. The van der Waals surface area contributed by atoms with E-state index in [0.717, 1.165) is 12.2 Å². The number of hydrogen-bond acceptors (Lipinski definition) is 2. The molecule has 0 aliphatic carbocycles. The number of imidazole rings is 1. The summed E-state index contributed by atoms with van der Waals surface area (Å²) in [7, 11) is 0. The highest BCUT2D eigenvalue weighted by molar-refractivity contribution is 5.64. The van der Waals surface area contributed by atoms with Crippen molar-refractivity contribution in [3.63, 3.8) is 0 Å². The smallest absolute Gasteiger partial charge is 0.404 e. The van der Waals surface area contributed by atoms with Gasteiger partial charge in [-0.25, -0.2) is 9.78 Å². The Labute approximate surface area is 88.9 Å². The topological polar surface area (TPSA) is 78.0 Å². The zero-order chi connectivity index (χ0) is 11.3. The van der Waals surface area contributed by atoms with E-state index in [1.807, 2.05) is 0 Å². The van der Waals surface area contributed by atoms with Gasteiger partial charge in [-0.2, -0.15) is 0 Å². The summed E-state index contributed by atoms with van der Waals surface area (Å²) >= 11 is 0. The summed E-state index contributed by atoms with van der Waals surface area (Å²) in [6, 6.07) is -0.0753. The summed E-state index contributed by atoms with van der Waals surface area (Å²) in [6.07, 6.45) is 3.85. The van der Waals surface area contributed by atoms with Crippen LogP contribution in [-0.4, -0.2) is 27.2 Å². The Hall–Kier alpha value is -1.52. The molecule has 1 amide bonds. The number of amides is 1. The first-order valence-electron chi connectivity index (χ1n) is 5.05. The van der Waals surface area contributed by atoms with Gasteiger partial charge in [0.1, 0.15) is 5.82 Å². The Balaban J connectivity index is 2.52. The van der Waals surface area contributed by atoms with Crippen molar-refractivity contribution in [2.24, 2.45) is 5.92 Å². The zero-order valence-electron chi connectivity index (χ0n) is 9.03. The Morgan fingerprint density at radius 1 is 1.67 bits per heavy atom. The monoisotopic (exact) mass is 211 g/mol. The first-order chi connectivity index (χ1) is 7.08. The third-order valence-corrected chi connectivity index (χ3v) is 2.08. The standard InChI is InChI=1S/C10H17N3O2/c1-7(2)5-8(13-10(14)15)6-9-11-3-4-12-9/h3-4,7-8,13H,5-6H2,1-2H3,(H,11,12)(H,14,15)/t8-/m0/s1. The van der Waals surface area contributed by atoms with E-state index in [0.29, 0.717) is 12.3 Å². The average Bonchev–Trinajstić information content (AvgIpc) is 2.53. The number of carbonyl (C=O) groups is 1. The second-order valence-electron chi connectivity index (χ2n) is 4.02. The molecule has 15 heavy (non-hydrogen) atoms. The van der Waals surface area contributed by atoms with E-state index in [1.165, 1.54) is 0 Å². The maximum Gasteiger partial charge on any atom is 0.404 e. The summed E-state index contributed by atoms with van der Waals surface area (Å²) in [6.45, 7) is 4.14. The molecule has 0 aliphatic rings. The van der Waals surface area contributed by atoms with Crippen LogP contribution < -0.4 is 5.32 Å². The van der Waals surface area contributed by atoms with Crippen molar-refractivity contribution in [1.82, 2.24) is 15.3 Å². The lowest BCUT2D eigenvalue weighted by Crippen LogP contribution is -2.36. The van der Waals surface area contributed by atoms with Gasteiger partial charge in [0.15, 0.2) is 0 Å². The minimum atomic E-state index is -0.979. The van der Waals surface area contributed by atoms with Crippen molar-refractivity contribution in [2.45, 2.75) is 32.7 Å². The molecule has 3 N–H and O–H groups in total. The van der Waals surface area contributed by atoms with E-state index in [2.05, 4.69) is 29.1 Å². The number of nitrogens with zero attached hydrogens (tertiary/aromatic N) is 1. The molecule has 0 spiro atoms. The van der Waals surface area contributed by atoms with Gasteiger partial charge in [0.05, 0.1) is 0 Å². The summed E-state index contributed by atoms with van der Waals surface area (Å²) < 4.78 is 0. The molecule has 0 bridgehead atoms. The lowest BCUT2D eigenvalue weighted by atomic mass is 10.0. The fourth-order valence-corrected chi connectivity index (χ4v) is 1.58. The Morgan fingerprint density at radius 2 is 2.40 bits per heavy atom. The van der Waals surface area contributed by atoms with Crippen molar-refractivity contribution in [2.75, 3.05) is 0 Å². The van der Waals surface area contributed by atoms with Crippen molar-refractivity contribution < 1.29 is 9.90 Å². The SMILES string of the molecule is CC(C)C[C@@H](Cc1ncc[nH]1)NC(=O)O. The van der Waals surface area contributed by atoms with Crippen LogP contribution in [-0.2, 0) is 6.42 Å². The molecule has 5 heteroatoms. The molecule has 84 valence electrons. The highest BCUT2D eigenvalue weighted by Gasteiger charge is 2.14. The van der Waals surface area contributed by atoms with Crippen LogP contribution in [0.2, 0.25) is 0 Å². The van der Waals surface area contributed by atoms with Gasteiger partial charge >= 0.3 is 6.09 Å². The first-order valence-corrected chi connectivity index (χ1v) is 5.05. The molecule has 1 rings (SSSR count). The molecule has 0 aromatic carbocycles. The lowest BCUT2D eigenvalue weighted by Gasteiger charge is -2.17. The van der Waals surface area contributed by atoms with Crippen molar-refractivity contribution in [3.8, 4) is 0 Å². The third-order valence-electron chi connectivity index (χ3n) is 2.08. The van der Waals surface area contributed by atoms with Gasteiger partial charge in [-0.3, -0.25) is 0 Å². The van der Waals surface area contributed by atoms with Crippen LogP contribution >= 0.6 is 0 Å². The number of carboxylic acid groups (broad SMARTS) is 1. The minimum absolute atomic E-state index is 0.0753. The zero-order valence-corrected chi connectivity index (χ0v) is 9.03. The second-order valence-corrected chi connectivity index (χ2v) is 4.02. The van der Waals surface area contributed by atoms with Gasteiger partial charge in [-0.1, -0.05) is 13.8 Å². The van der Waals surface area contributed by atoms with Gasteiger partial charge in [-0.05, 0) is 12.3 Å². The number of nitrogens with one attached hydrogen (secondary N) is 2. The Bertz CT molecular complexity index is 296. The lowest BCUT2D eigenvalue weighted by molar-refractivity contribution is 0.187. The Kier molecular flexibility index (Phi) is 4.15. The molecule has 0 fully saturated rings. The molecule has 5 nitrogen and oxygen atoms in total. The van der Waals surface area contributed by atoms with E-state index < -0.39 is 6.09 Å². The van der Waals surface area contributed by atoms with Crippen molar-refractivity contribution >= 4 is 6.09 Å². The van der Waals surface area contributed by atoms with Crippen molar-refractivity contribution in [1.29, 1.82) is 0 Å². The molecule has 1 aromatic rings. The quantitative estimate of drug-likeness (QED) is 0.692. The van der Waals surface area contributed by atoms with Crippen LogP contribution in [0.15, 0.2) is 12.4 Å². The highest BCUT2D eigenvalue weighted by atomic mass is 16.4. The maximum absolute atomic E-state index is 10.6. The van der Waals surface area contributed by atoms with Crippen LogP contribution in [0.5, 0.6) is 0 Å². The molecule has 1 atom stereocenters. The van der Waals surface area contributed by atoms with Crippen LogP contribution in [0, 0.1) is 5.92 Å². The summed E-state index contributed by atoms with van der Waals surface area (Å²) in [5.74, 6) is 1.27. The highest BCUT2D eigenvalue weighted by Crippen LogP contribution is 2.08. The average molecular weight is 211 g/mol. The molecular formula is C10H17N3O2. The summed E-state index contributed by atoms with van der Waals surface area (Å²) in [5, 5.41) is 11.2. The van der Waals surface area contributed by atoms with Gasteiger partial charge in [0.2, 0.25) is 0 Å². The van der Waals surface area contributed by atoms with Gasteiger partial charge in [0.25, 0.3) is 0 Å². The number of aromatic amines is 1. The van der Waals surface area contributed by atoms with Gasteiger partial charge in [0, 0.05) is 24.9 Å². The number of hydrogen-bond donors (Lipinski definition) is 3. The van der Waals surface area contributed by atoms with E-state index in [4.69, 9.17) is 5.11 Å². The van der Waals surface area contributed by atoms with E-state index >= 15 is 0 Å². The predicted molar refractivity (Wildman–Crippen MR) is 56.7 cm³/mol. The fraction of sp³-hybridized carbons (Fsp3) is 0.600. The van der Waals surface area contributed by atoms with E-state index in [-0.39, 0.29) is 6.04 Å². The molecule has 0 radical (unpaired) electrons. The number of H-pyrrole nitrogens is 1. The largest absolute Gasteiger partial charge is 0.465 e. The molecule has 1 heterocycles. The summed E-state index contributed by atoms with van der Waals surface area (Å²) in [4.78, 5) is 17.6. The van der Waals surface area contributed by atoms with Crippen LogP contribution in [0.1, 0.15) is 26.1 Å². The predicted octanol–water partition coefficient (Wildman–Crippen LogP) is 1.63. The van der Waals surface area contributed by atoms with E-state index in [9.17, 15) is 4.79 Å². The third kappa shape index (κ3) is 4.49. The Morgan fingerprint density at radius 3 is 2.87 bits per heavy atom. The van der Waals surface area contributed by atoms with Gasteiger partial charge < -0.3 is 15.4 Å². The number of rotatable bonds is 5. The van der Waals surface area contributed by atoms with Crippen LogP contribution in [0.4, 0.5) is 4.79 Å². The van der Waals surface area contributed by atoms with Crippen molar-refractivity contribution in [3.05, 3.63) is 18.2 Å². The second kappa shape index (κ2) is 5.38. The molecule has 0 unspecified atom stereocenters. The molecule has 0 saturated carbocycles. The molecule has 0 aliphatic heterocycles. The summed E-state index contributed by atoms with van der Waals surface area (Å²) in [5.41, 5.74) is 0. The maximum atomic E-state index is 10.6. The van der Waals surface area contributed by atoms with E-state index in [1.54, 1.807) is 12.4 Å². The molecular weight excluding hydrogens is 194 g/mol. The molecule has 0 saturated heterocycles. The van der Waals surface area contributed by atoms with Gasteiger partial charge in [-0.15, -0.1) is 0 Å². The normalized spacial score (nSPS) is 12.7. The first kappa shape index (κ1) is 11.6. The van der Waals surface area contributed by atoms with Crippen LogP contribution in [0.3, 0.4) is 0 Å². The fourth-order valence-electron chi connectivity index (χ4n) is 1.58. The van der Waals surface area contributed by atoms with Crippen LogP contribution in [0.25, 0.3) is 0 Å². The molecule has 1 aromatic heterocycles.